The summed E-state index contributed by atoms with van der Waals surface area (Å²) in [4.78, 5) is -0.653. The number of rotatable bonds is 4. The van der Waals surface area contributed by atoms with Gasteiger partial charge in [-0.1, -0.05) is 12.1 Å². The van der Waals surface area contributed by atoms with Crippen LogP contribution in [0.25, 0.3) is 0 Å². The minimum absolute atomic E-state index is 0.227. The van der Waals surface area contributed by atoms with Crippen LogP contribution in [0.2, 0.25) is 0 Å². The zero-order valence-electron chi connectivity index (χ0n) is 12.5. The topological polar surface area (TPSA) is 63.4 Å². The van der Waals surface area contributed by atoms with E-state index in [9.17, 15) is 17.2 Å². The van der Waals surface area contributed by atoms with Crippen LogP contribution in [0.3, 0.4) is 0 Å². The van der Waals surface area contributed by atoms with E-state index in [1.807, 2.05) is 6.92 Å². The molecule has 1 atom stereocenters. The Labute approximate surface area is 132 Å². The number of sulfonamides is 1. The van der Waals surface area contributed by atoms with Crippen LogP contribution in [0.15, 0.2) is 33.7 Å². The van der Waals surface area contributed by atoms with Crippen LogP contribution in [0.4, 0.5) is 8.78 Å². The molecule has 1 aliphatic heterocycles. The summed E-state index contributed by atoms with van der Waals surface area (Å²) in [5.74, 6) is -1.34. The molecule has 0 unspecified atom stereocenters. The highest BCUT2D eigenvalue weighted by molar-refractivity contribution is 7.89. The molecule has 1 fully saturated rings. The average molecular weight is 342 g/mol. The molecule has 5 nitrogen and oxygen atoms in total. The van der Waals surface area contributed by atoms with Gasteiger partial charge in [-0.05, 0) is 37.5 Å². The Hall–Kier alpha value is -1.80. The molecular weight excluding hydrogens is 326 g/mol. The first-order valence-corrected chi connectivity index (χ1v) is 8.80. The maximum atomic E-state index is 13.9. The second kappa shape index (κ2) is 6.01. The quantitative estimate of drug-likeness (QED) is 0.857. The smallest absolute Gasteiger partial charge is 0.246 e. The molecule has 1 aliphatic rings. The molecule has 0 aliphatic carbocycles. The summed E-state index contributed by atoms with van der Waals surface area (Å²) in [5.41, 5.74) is 0.723. The van der Waals surface area contributed by atoms with Crippen molar-refractivity contribution in [2.75, 3.05) is 6.54 Å². The van der Waals surface area contributed by atoms with Gasteiger partial charge < -0.3 is 4.52 Å². The van der Waals surface area contributed by atoms with Crippen LogP contribution in [0.5, 0.6) is 0 Å². The maximum Gasteiger partial charge on any atom is 0.246 e. The van der Waals surface area contributed by atoms with Gasteiger partial charge in [0.05, 0.1) is 11.7 Å². The van der Waals surface area contributed by atoms with Crippen molar-refractivity contribution in [3.63, 3.8) is 0 Å². The monoisotopic (exact) mass is 342 g/mol. The second-order valence-corrected chi connectivity index (χ2v) is 7.28. The highest BCUT2D eigenvalue weighted by Gasteiger charge is 2.39. The van der Waals surface area contributed by atoms with Gasteiger partial charge in [0.25, 0.3) is 0 Å². The first-order chi connectivity index (χ1) is 10.9. The van der Waals surface area contributed by atoms with Crippen LogP contribution >= 0.6 is 0 Å². The molecule has 0 N–H and O–H groups in total. The molecule has 1 aromatic carbocycles. The summed E-state index contributed by atoms with van der Waals surface area (Å²) in [6, 6.07) is 3.57. The molecular formula is C15H16F2N2O3S. The standard InChI is InChI=1S/C15H16F2N2O3S/c1-2-11-9-14(22-18-11)13-4-3-7-19(13)23(20,21)15-8-10(16)5-6-12(15)17/h5-6,8-9,13H,2-4,7H2,1H3/t13-/m1/s1. The minimum atomic E-state index is -4.16. The normalized spacial score (nSPS) is 19.3. The Morgan fingerprint density at radius 1 is 1.35 bits per heavy atom. The molecule has 8 heteroatoms. The number of aryl methyl sites for hydroxylation is 1. The van der Waals surface area contributed by atoms with E-state index in [0.717, 1.165) is 22.1 Å². The minimum Gasteiger partial charge on any atom is -0.359 e. The highest BCUT2D eigenvalue weighted by Crippen LogP contribution is 2.37. The summed E-state index contributed by atoms with van der Waals surface area (Å²) in [6.45, 7) is 2.14. The molecule has 3 rings (SSSR count). The van der Waals surface area contributed by atoms with E-state index >= 15 is 0 Å². The third-order valence-electron chi connectivity index (χ3n) is 3.95. The third kappa shape index (κ3) is 2.88. The number of halogens is 2. The van der Waals surface area contributed by atoms with Gasteiger partial charge in [-0.2, -0.15) is 4.31 Å². The van der Waals surface area contributed by atoms with Crippen molar-refractivity contribution in [2.24, 2.45) is 0 Å². The Balaban J connectivity index is 1.99. The predicted octanol–water partition coefficient (Wildman–Crippen LogP) is 3.04. The first-order valence-electron chi connectivity index (χ1n) is 7.36. The highest BCUT2D eigenvalue weighted by atomic mass is 32.2. The molecule has 2 aromatic rings. The van der Waals surface area contributed by atoms with Gasteiger partial charge in [0.15, 0.2) is 5.76 Å². The molecule has 23 heavy (non-hydrogen) atoms. The van der Waals surface area contributed by atoms with Gasteiger partial charge in [0.1, 0.15) is 16.5 Å². The lowest BCUT2D eigenvalue weighted by Crippen LogP contribution is -2.31. The summed E-state index contributed by atoms with van der Waals surface area (Å²) in [6.07, 6.45) is 1.83. The number of aromatic nitrogens is 1. The number of hydrogen-bond donors (Lipinski definition) is 0. The predicted molar refractivity (Wildman–Crippen MR) is 78.1 cm³/mol. The zero-order chi connectivity index (χ0) is 16.6. The van der Waals surface area contributed by atoms with Crippen LogP contribution in [0.1, 0.15) is 37.3 Å². The zero-order valence-corrected chi connectivity index (χ0v) is 13.3. The molecule has 0 amide bonds. The summed E-state index contributed by atoms with van der Waals surface area (Å²) >= 11 is 0. The Morgan fingerprint density at radius 2 is 2.13 bits per heavy atom. The molecule has 0 saturated carbocycles. The van der Waals surface area contributed by atoms with Gasteiger partial charge in [-0.15, -0.1) is 0 Å². The number of nitrogens with zero attached hydrogens (tertiary/aromatic N) is 2. The van der Waals surface area contributed by atoms with Crippen molar-refractivity contribution in [3.05, 3.63) is 47.4 Å². The summed E-state index contributed by atoms with van der Waals surface area (Å²) < 4.78 is 59.1. The van der Waals surface area contributed by atoms with Crippen molar-refractivity contribution in [1.29, 1.82) is 0 Å². The molecule has 1 saturated heterocycles. The molecule has 124 valence electrons. The Kier molecular flexibility index (Phi) is 4.20. The fourth-order valence-electron chi connectivity index (χ4n) is 2.77. The van der Waals surface area contributed by atoms with Crippen molar-refractivity contribution in [3.8, 4) is 0 Å². The van der Waals surface area contributed by atoms with Gasteiger partial charge in [-0.25, -0.2) is 17.2 Å². The Morgan fingerprint density at radius 3 is 2.83 bits per heavy atom. The lowest BCUT2D eigenvalue weighted by atomic mass is 10.1. The molecule has 0 spiro atoms. The molecule has 0 radical (unpaired) electrons. The van der Waals surface area contributed by atoms with E-state index in [-0.39, 0.29) is 6.54 Å². The van der Waals surface area contributed by atoms with Crippen molar-refractivity contribution < 1.29 is 21.7 Å². The van der Waals surface area contributed by atoms with Gasteiger partial charge >= 0.3 is 0 Å². The van der Waals surface area contributed by atoms with E-state index in [4.69, 9.17) is 4.52 Å². The fourth-order valence-corrected chi connectivity index (χ4v) is 4.51. The van der Waals surface area contributed by atoms with Crippen molar-refractivity contribution in [2.45, 2.75) is 37.1 Å². The van der Waals surface area contributed by atoms with E-state index < -0.39 is 32.6 Å². The lowest BCUT2D eigenvalue weighted by molar-refractivity contribution is 0.296. The fraction of sp³-hybridized carbons (Fsp3) is 0.400. The second-order valence-electron chi connectivity index (χ2n) is 5.42. The van der Waals surface area contributed by atoms with Gasteiger partial charge in [0, 0.05) is 12.6 Å². The summed E-state index contributed by atoms with van der Waals surface area (Å²) in [5, 5.41) is 3.87. The van der Waals surface area contributed by atoms with Crippen LogP contribution in [-0.4, -0.2) is 24.4 Å². The maximum absolute atomic E-state index is 13.9. The first kappa shape index (κ1) is 16.1. The van der Waals surface area contributed by atoms with Crippen molar-refractivity contribution >= 4 is 10.0 Å². The Bertz CT molecular complexity index is 820. The molecule has 1 aromatic heterocycles. The van der Waals surface area contributed by atoms with Crippen molar-refractivity contribution in [1.82, 2.24) is 9.46 Å². The SMILES string of the molecule is CCc1cc([C@H]2CCCN2S(=O)(=O)c2cc(F)ccc2F)on1. The van der Waals surface area contributed by atoms with E-state index in [2.05, 4.69) is 5.16 Å². The number of benzene rings is 1. The van der Waals surface area contributed by atoms with E-state index in [0.29, 0.717) is 31.1 Å². The third-order valence-corrected chi connectivity index (χ3v) is 5.87. The van der Waals surface area contributed by atoms with E-state index in [1.54, 1.807) is 6.07 Å². The van der Waals surface area contributed by atoms with Gasteiger partial charge in [0.2, 0.25) is 10.0 Å². The largest absolute Gasteiger partial charge is 0.359 e. The molecule has 2 heterocycles. The average Bonchev–Trinajstić information content (AvgIpc) is 3.17. The van der Waals surface area contributed by atoms with E-state index in [1.165, 1.54) is 0 Å². The molecule has 0 bridgehead atoms. The van der Waals surface area contributed by atoms with Crippen LogP contribution in [-0.2, 0) is 16.4 Å². The summed E-state index contributed by atoms with van der Waals surface area (Å²) in [7, 11) is -4.16. The number of hydrogen-bond acceptors (Lipinski definition) is 4. The lowest BCUT2D eigenvalue weighted by Gasteiger charge is -2.22. The van der Waals surface area contributed by atoms with Crippen LogP contribution in [0, 0.1) is 11.6 Å². The van der Waals surface area contributed by atoms with Crippen LogP contribution < -0.4 is 0 Å². The van der Waals surface area contributed by atoms with Gasteiger partial charge in [-0.3, -0.25) is 0 Å².